The maximum atomic E-state index is 12.6. The molecule has 0 spiro atoms. The highest BCUT2D eigenvalue weighted by Gasteiger charge is 2.29. The molecule has 0 saturated heterocycles. The van der Waals surface area contributed by atoms with Gasteiger partial charge in [-0.1, -0.05) is 36.2 Å². The molecule has 116 valence electrons. The summed E-state index contributed by atoms with van der Waals surface area (Å²) in [7, 11) is -3.92. The molecule has 0 heterocycles. The molecule has 1 aromatic rings. The number of halogens is 2. The first-order valence-electron chi connectivity index (χ1n) is 6.09. The van der Waals surface area contributed by atoms with E-state index in [0.29, 0.717) is 6.42 Å². The molecule has 1 rings (SSSR count). The van der Waals surface area contributed by atoms with Gasteiger partial charge >= 0.3 is 5.97 Å². The third-order valence-electron chi connectivity index (χ3n) is 2.69. The zero-order chi connectivity index (χ0) is 16.2. The summed E-state index contributed by atoms with van der Waals surface area (Å²) in [5.74, 6) is -1.38. The summed E-state index contributed by atoms with van der Waals surface area (Å²) < 4.78 is 26.3. The molecule has 0 fully saturated rings. The summed E-state index contributed by atoms with van der Waals surface area (Å²) in [4.78, 5) is 10.9. The van der Waals surface area contributed by atoms with Crippen molar-refractivity contribution in [3.05, 3.63) is 40.4 Å². The summed E-state index contributed by atoms with van der Waals surface area (Å²) in [5, 5.41) is 8.59. The van der Waals surface area contributed by atoms with Gasteiger partial charge in [-0.2, -0.15) is 4.31 Å². The van der Waals surface area contributed by atoms with Gasteiger partial charge in [-0.15, -0.1) is 6.58 Å². The smallest absolute Gasteiger partial charge is 0.338 e. The normalized spacial score (nSPS) is 11.6. The molecular weight excluding hydrogens is 337 g/mol. The van der Waals surface area contributed by atoms with Gasteiger partial charge < -0.3 is 5.11 Å². The number of carboxylic acids is 1. The Morgan fingerprint density at radius 2 is 2.05 bits per heavy atom. The van der Waals surface area contributed by atoms with E-state index in [-0.39, 0.29) is 28.0 Å². The van der Waals surface area contributed by atoms with Gasteiger partial charge in [0.2, 0.25) is 10.0 Å². The minimum atomic E-state index is -3.92. The molecule has 0 atom stereocenters. The second kappa shape index (κ2) is 7.26. The van der Waals surface area contributed by atoms with Gasteiger partial charge in [-0.3, -0.25) is 0 Å². The van der Waals surface area contributed by atoms with Crippen LogP contribution in [0.3, 0.4) is 0 Å². The van der Waals surface area contributed by atoms with Gasteiger partial charge in [0.1, 0.15) is 4.90 Å². The van der Waals surface area contributed by atoms with Crippen molar-refractivity contribution in [3.63, 3.8) is 0 Å². The van der Waals surface area contributed by atoms with Crippen molar-refractivity contribution >= 4 is 39.2 Å². The Morgan fingerprint density at radius 3 is 2.52 bits per heavy atom. The van der Waals surface area contributed by atoms with Crippen LogP contribution in [0.4, 0.5) is 0 Å². The highest BCUT2D eigenvalue weighted by atomic mass is 35.5. The summed E-state index contributed by atoms with van der Waals surface area (Å²) in [6, 6.07) is 2.42. The molecule has 0 aliphatic rings. The average Bonchev–Trinajstić information content (AvgIpc) is 2.37. The number of nitrogens with zero attached hydrogens (tertiary/aromatic N) is 1. The molecule has 0 aromatic heterocycles. The number of hydrogen-bond acceptors (Lipinski definition) is 3. The summed E-state index contributed by atoms with van der Waals surface area (Å²) in [6.07, 6.45) is 2.05. The van der Waals surface area contributed by atoms with Crippen LogP contribution in [0.25, 0.3) is 0 Å². The van der Waals surface area contributed by atoms with Crippen molar-refractivity contribution < 1.29 is 18.3 Å². The number of rotatable bonds is 7. The fourth-order valence-corrected chi connectivity index (χ4v) is 4.17. The maximum Gasteiger partial charge on any atom is 0.338 e. The minimum absolute atomic E-state index is 0.109. The minimum Gasteiger partial charge on any atom is -0.478 e. The van der Waals surface area contributed by atoms with Gasteiger partial charge in [0.25, 0.3) is 0 Å². The second-order valence-corrected chi connectivity index (χ2v) is 6.88. The quantitative estimate of drug-likeness (QED) is 0.765. The fraction of sp³-hybridized carbons (Fsp3) is 0.308. The first-order chi connectivity index (χ1) is 9.77. The number of benzene rings is 1. The largest absolute Gasteiger partial charge is 0.478 e. The lowest BCUT2D eigenvalue weighted by atomic mass is 10.2. The van der Waals surface area contributed by atoms with Crippen molar-refractivity contribution in [3.8, 4) is 0 Å². The number of aromatic carboxylic acids is 1. The van der Waals surface area contributed by atoms with Crippen molar-refractivity contribution in [2.45, 2.75) is 18.2 Å². The van der Waals surface area contributed by atoms with Crippen molar-refractivity contribution in [2.75, 3.05) is 13.1 Å². The Morgan fingerprint density at radius 1 is 1.43 bits per heavy atom. The first-order valence-corrected chi connectivity index (χ1v) is 8.29. The van der Waals surface area contributed by atoms with Gasteiger partial charge in [0.15, 0.2) is 0 Å². The number of carboxylic acid groups (broad SMARTS) is 1. The molecule has 5 nitrogen and oxygen atoms in total. The molecule has 0 radical (unpaired) electrons. The van der Waals surface area contributed by atoms with Crippen LogP contribution in [-0.2, 0) is 10.0 Å². The summed E-state index contributed by atoms with van der Waals surface area (Å²) in [5.41, 5.74) is -0.422. The molecule has 1 N–H and O–H groups in total. The molecular formula is C13H15Cl2NO4S. The predicted molar refractivity (Wildman–Crippen MR) is 82.7 cm³/mol. The molecule has 1 aromatic carbocycles. The van der Waals surface area contributed by atoms with Gasteiger partial charge in [-0.25, -0.2) is 13.2 Å². The lowest BCUT2D eigenvalue weighted by molar-refractivity contribution is 0.0697. The van der Waals surface area contributed by atoms with Crippen molar-refractivity contribution in [2.24, 2.45) is 0 Å². The van der Waals surface area contributed by atoms with E-state index in [2.05, 4.69) is 6.58 Å². The molecule has 0 saturated carbocycles. The van der Waals surface area contributed by atoms with E-state index in [1.807, 2.05) is 6.92 Å². The highest BCUT2D eigenvalue weighted by Crippen LogP contribution is 2.32. The highest BCUT2D eigenvalue weighted by molar-refractivity contribution is 7.89. The van der Waals surface area contributed by atoms with Gasteiger partial charge in [0, 0.05) is 13.1 Å². The third-order valence-corrected chi connectivity index (χ3v) is 5.42. The Labute approximate surface area is 133 Å². The molecule has 0 unspecified atom stereocenters. The van der Waals surface area contributed by atoms with Crippen LogP contribution < -0.4 is 0 Å². The zero-order valence-corrected chi connectivity index (χ0v) is 13.7. The third kappa shape index (κ3) is 3.77. The van der Waals surface area contributed by atoms with E-state index in [0.717, 1.165) is 0 Å². The maximum absolute atomic E-state index is 12.6. The van der Waals surface area contributed by atoms with Crippen LogP contribution >= 0.6 is 23.2 Å². The van der Waals surface area contributed by atoms with E-state index in [9.17, 15) is 13.2 Å². The van der Waals surface area contributed by atoms with Gasteiger partial charge in [-0.05, 0) is 18.6 Å². The van der Waals surface area contributed by atoms with Crippen molar-refractivity contribution in [1.82, 2.24) is 4.31 Å². The Hall–Kier alpha value is -1.08. The Balaban J connectivity index is 3.47. The zero-order valence-electron chi connectivity index (χ0n) is 11.3. The van der Waals surface area contributed by atoms with Crippen LogP contribution in [0.1, 0.15) is 23.7 Å². The number of hydrogen-bond donors (Lipinski definition) is 1. The van der Waals surface area contributed by atoms with E-state index in [1.54, 1.807) is 0 Å². The fourth-order valence-electron chi connectivity index (χ4n) is 1.77. The molecule has 21 heavy (non-hydrogen) atoms. The molecule has 0 bridgehead atoms. The van der Waals surface area contributed by atoms with Crippen LogP contribution in [0.2, 0.25) is 10.0 Å². The first kappa shape index (κ1) is 18.0. The number of carbonyl (C=O) groups is 1. The molecule has 0 aliphatic heterocycles. The second-order valence-electron chi connectivity index (χ2n) is 4.19. The molecule has 0 amide bonds. The standard InChI is InChI=1S/C13H15Cl2NO4S/c1-3-7-16(8-4-2)21(19,20)10-6-5-9(14)11(12(10)15)13(17)18/h3,5-6H,1,4,7-8H2,2H3,(H,17,18). The number of sulfonamides is 1. The van der Waals surface area contributed by atoms with E-state index in [1.165, 1.54) is 22.5 Å². The lowest BCUT2D eigenvalue weighted by Gasteiger charge is -2.21. The lowest BCUT2D eigenvalue weighted by Crippen LogP contribution is -2.32. The van der Waals surface area contributed by atoms with Crippen LogP contribution in [-0.4, -0.2) is 36.9 Å². The molecule has 8 heteroatoms. The van der Waals surface area contributed by atoms with Crippen LogP contribution in [0.5, 0.6) is 0 Å². The van der Waals surface area contributed by atoms with E-state index >= 15 is 0 Å². The van der Waals surface area contributed by atoms with Crippen molar-refractivity contribution in [1.29, 1.82) is 0 Å². The average molecular weight is 352 g/mol. The SMILES string of the molecule is C=CCN(CCC)S(=O)(=O)c1ccc(Cl)c(C(=O)O)c1Cl. The summed E-state index contributed by atoms with van der Waals surface area (Å²) in [6.45, 7) is 5.73. The van der Waals surface area contributed by atoms with Crippen LogP contribution in [0, 0.1) is 0 Å². The predicted octanol–water partition coefficient (Wildman–Crippen LogP) is 3.28. The van der Waals surface area contributed by atoms with E-state index < -0.39 is 21.6 Å². The Kier molecular flexibility index (Phi) is 6.22. The Bertz CT molecular complexity index is 658. The topological polar surface area (TPSA) is 74.7 Å². The van der Waals surface area contributed by atoms with E-state index in [4.69, 9.17) is 28.3 Å². The van der Waals surface area contributed by atoms with Crippen LogP contribution in [0.15, 0.2) is 29.7 Å². The summed E-state index contributed by atoms with van der Waals surface area (Å²) >= 11 is 11.7. The monoisotopic (exact) mass is 351 g/mol. The molecule has 0 aliphatic carbocycles. The van der Waals surface area contributed by atoms with Gasteiger partial charge in [0.05, 0.1) is 15.6 Å².